The van der Waals surface area contributed by atoms with Crippen LogP contribution in [0.4, 0.5) is 0 Å². The second-order valence-corrected chi connectivity index (χ2v) is 5.01. The molecule has 0 heterocycles. The predicted molar refractivity (Wildman–Crippen MR) is 94.4 cm³/mol. The molecule has 0 aromatic rings. The van der Waals surface area contributed by atoms with E-state index in [1.165, 1.54) is 0 Å². The average molecular weight is 385 g/mol. The van der Waals surface area contributed by atoms with Gasteiger partial charge in [0.25, 0.3) is 0 Å². The summed E-state index contributed by atoms with van der Waals surface area (Å²) in [6.45, 7) is 12.3. The molecule has 0 bridgehead atoms. The minimum Gasteiger partial charge on any atom is -0.396 e. The first-order valence-electron chi connectivity index (χ1n) is 7.23. The normalized spacial score (nSPS) is 13.7. The molecule has 1 unspecified atom stereocenters. The van der Waals surface area contributed by atoms with Crippen molar-refractivity contribution in [3.05, 3.63) is 0 Å². The Morgan fingerprint density at radius 3 is 2.16 bits per heavy atom. The summed E-state index contributed by atoms with van der Waals surface area (Å²) in [5.74, 6) is 0.853. The van der Waals surface area contributed by atoms with Crippen LogP contribution in [0.15, 0.2) is 4.99 Å². The van der Waals surface area contributed by atoms with Gasteiger partial charge in [-0.05, 0) is 33.1 Å². The van der Waals surface area contributed by atoms with E-state index in [1.807, 2.05) is 0 Å². The second kappa shape index (κ2) is 11.8. The van der Waals surface area contributed by atoms with Crippen LogP contribution in [0.25, 0.3) is 0 Å². The average Bonchev–Trinajstić information content (AvgIpc) is 2.40. The molecule has 0 amide bonds. The Hall–Kier alpha value is -0.0400. The molecule has 0 aromatic heterocycles. The van der Waals surface area contributed by atoms with Crippen LogP contribution >= 0.6 is 24.0 Å². The molecule has 116 valence electrons. The second-order valence-electron chi connectivity index (χ2n) is 5.01. The Morgan fingerprint density at radius 2 is 1.79 bits per heavy atom. The molecule has 0 radical (unpaired) electrons. The summed E-state index contributed by atoms with van der Waals surface area (Å²) in [6, 6.07) is 0.412. The first-order valence-corrected chi connectivity index (χ1v) is 7.23. The van der Waals surface area contributed by atoms with E-state index in [0.717, 1.165) is 31.8 Å². The fourth-order valence-electron chi connectivity index (χ4n) is 1.65. The Bertz CT molecular complexity index is 235. The summed E-state index contributed by atoms with van der Waals surface area (Å²) in [6.07, 6.45) is 2.97. The van der Waals surface area contributed by atoms with E-state index in [1.54, 1.807) is 0 Å². The van der Waals surface area contributed by atoms with Gasteiger partial charge < -0.3 is 15.7 Å². The van der Waals surface area contributed by atoms with Crippen LogP contribution in [-0.4, -0.2) is 36.8 Å². The van der Waals surface area contributed by atoms with E-state index in [0.29, 0.717) is 12.6 Å². The lowest BCUT2D eigenvalue weighted by molar-refractivity contribution is 0.123. The number of halogens is 1. The van der Waals surface area contributed by atoms with Gasteiger partial charge in [-0.3, -0.25) is 4.99 Å². The molecular weight excluding hydrogens is 353 g/mol. The maximum absolute atomic E-state index is 9.54. The predicted octanol–water partition coefficient (Wildman–Crippen LogP) is 2.76. The molecule has 3 N–H and O–H groups in total. The lowest BCUT2D eigenvalue weighted by atomic mass is 9.83. The number of nitrogens with zero attached hydrogens (tertiary/aromatic N) is 1. The van der Waals surface area contributed by atoms with Gasteiger partial charge in [0.05, 0.1) is 13.2 Å². The van der Waals surface area contributed by atoms with Gasteiger partial charge in [0.15, 0.2) is 5.96 Å². The molecule has 0 rings (SSSR count). The molecule has 4 nitrogen and oxygen atoms in total. The third-order valence-corrected chi connectivity index (χ3v) is 3.75. The number of aliphatic imine (C=N–C) groups is 1. The lowest BCUT2D eigenvalue weighted by Crippen LogP contribution is -2.43. The topological polar surface area (TPSA) is 56.7 Å². The van der Waals surface area contributed by atoms with Crippen molar-refractivity contribution in [2.24, 2.45) is 10.4 Å². The molecule has 0 saturated carbocycles. The first kappa shape index (κ1) is 21.3. The number of aliphatic hydroxyl groups is 1. The van der Waals surface area contributed by atoms with E-state index < -0.39 is 0 Å². The minimum atomic E-state index is -0.0716. The Morgan fingerprint density at radius 1 is 1.21 bits per heavy atom. The summed E-state index contributed by atoms with van der Waals surface area (Å²) in [7, 11) is 0. The van der Waals surface area contributed by atoms with Crippen LogP contribution in [0.1, 0.15) is 53.9 Å². The molecule has 0 fully saturated rings. The summed E-state index contributed by atoms with van der Waals surface area (Å²) in [4.78, 5) is 4.62. The number of hydrogen-bond donors (Lipinski definition) is 3. The fraction of sp³-hybridized carbons (Fsp3) is 0.929. The van der Waals surface area contributed by atoms with E-state index in [2.05, 4.69) is 50.2 Å². The Balaban J connectivity index is 0. The molecule has 0 aliphatic rings. The van der Waals surface area contributed by atoms with Gasteiger partial charge in [-0.15, -0.1) is 24.0 Å². The molecular formula is C14H32IN3O. The standard InChI is InChI=1S/C14H31N3O.HI/c1-6-12(5)17-13(15-9-4)16-10-14(7-2,8-3)11-18;/h12,18H,6-11H2,1-5H3,(H2,15,16,17);1H. The number of hydrogen-bond acceptors (Lipinski definition) is 2. The quantitative estimate of drug-likeness (QED) is 0.342. The van der Waals surface area contributed by atoms with Gasteiger partial charge >= 0.3 is 0 Å². The van der Waals surface area contributed by atoms with Crippen LogP contribution < -0.4 is 10.6 Å². The summed E-state index contributed by atoms with van der Waals surface area (Å²) < 4.78 is 0. The largest absolute Gasteiger partial charge is 0.396 e. The van der Waals surface area contributed by atoms with Crippen LogP contribution in [0.5, 0.6) is 0 Å². The van der Waals surface area contributed by atoms with Gasteiger partial charge in [-0.2, -0.15) is 0 Å². The molecule has 5 heteroatoms. The molecule has 0 aliphatic heterocycles. The highest BCUT2D eigenvalue weighted by atomic mass is 127. The molecule has 1 atom stereocenters. The number of guanidine groups is 1. The van der Waals surface area contributed by atoms with Crippen molar-refractivity contribution >= 4 is 29.9 Å². The van der Waals surface area contributed by atoms with Gasteiger partial charge in [0, 0.05) is 18.0 Å². The number of aliphatic hydroxyl groups excluding tert-OH is 1. The van der Waals surface area contributed by atoms with Crippen molar-refractivity contribution in [3.8, 4) is 0 Å². The highest BCUT2D eigenvalue weighted by Crippen LogP contribution is 2.25. The van der Waals surface area contributed by atoms with Gasteiger partial charge in [0.1, 0.15) is 0 Å². The maximum Gasteiger partial charge on any atom is 0.191 e. The Labute approximate surface area is 135 Å². The van der Waals surface area contributed by atoms with Crippen molar-refractivity contribution in [2.75, 3.05) is 19.7 Å². The van der Waals surface area contributed by atoms with Gasteiger partial charge in [-0.1, -0.05) is 20.8 Å². The summed E-state index contributed by atoms with van der Waals surface area (Å²) >= 11 is 0. The maximum atomic E-state index is 9.54. The van der Waals surface area contributed by atoms with Crippen LogP contribution in [0.2, 0.25) is 0 Å². The third-order valence-electron chi connectivity index (χ3n) is 3.75. The number of nitrogens with one attached hydrogen (secondary N) is 2. The molecule has 0 saturated heterocycles. The smallest absolute Gasteiger partial charge is 0.191 e. The monoisotopic (exact) mass is 385 g/mol. The van der Waals surface area contributed by atoms with E-state index in [-0.39, 0.29) is 36.0 Å². The SMILES string of the molecule is CCNC(=NCC(CC)(CC)CO)NC(C)CC.I. The molecule has 0 aromatic carbocycles. The van der Waals surface area contributed by atoms with Gasteiger partial charge in [0.2, 0.25) is 0 Å². The van der Waals surface area contributed by atoms with Crippen LogP contribution in [0, 0.1) is 5.41 Å². The lowest BCUT2D eigenvalue weighted by Gasteiger charge is -2.28. The van der Waals surface area contributed by atoms with Crippen LogP contribution in [-0.2, 0) is 0 Å². The van der Waals surface area contributed by atoms with Crippen molar-refractivity contribution in [2.45, 2.75) is 59.9 Å². The van der Waals surface area contributed by atoms with Crippen molar-refractivity contribution in [3.63, 3.8) is 0 Å². The van der Waals surface area contributed by atoms with Gasteiger partial charge in [-0.25, -0.2) is 0 Å². The zero-order valence-electron chi connectivity index (χ0n) is 13.1. The molecule has 0 spiro atoms. The first-order chi connectivity index (χ1) is 8.57. The van der Waals surface area contributed by atoms with Crippen molar-refractivity contribution in [1.29, 1.82) is 0 Å². The highest BCUT2D eigenvalue weighted by molar-refractivity contribution is 14.0. The number of rotatable bonds is 8. The van der Waals surface area contributed by atoms with Crippen LogP contribution in [0.3, 0.4) is 0 Å². The zero-order chi connectivity index (χ0) is 14.0. The summed E-state index contributed by atoms with van der Waals surface area (Å²) in [5.41, 5.74) is -0.0716. The molecule has 19 heavy (non-hydrogen) atoms. The third kappa shape index (κ3) is 7.97. The zero-order valence-corrected chi connectivity index (χ0v) is 15.5. The van der Waals surface area contributed by atoms with Crippen molar-refractivity contribution in [1.82, 2.24) is 10.6 Å². The highest BCUT2D eigenvalue weighted by Gasteiger charge is 2.25. The van der Waals surface area contributed by atoms with E-state index in [9.17, 15) is 5.11 Å². The summed E-state index contributed by atoms with van der Waals surface area (Å²) in [5, 5.41) is 16.2. The minimum absolute atomic E-state index is 0. The van der Waals surface area contributed by atoms with E-state index in [4.69, 9.17) is 0 Å². The fourth-order valence-corrected chi connectivity index (χ4v) is 1.65. The Kier molecular flexibility index (Phi) is 13.2. The molecule has 0 aliphatic carbocycles. The van der Waals surface area contributed by atoms with E-state index >= 15 is 0 Å². The van der Waals surface area contributed by atoms with Crippen molar-refractivity contribution < 1.29 is 5.11 Å².